The van der Waals surface area contributed by atoms with Gasteiger partial charge < -0.3 is 18.6 Å². The smallest absolute Gasteiger partial charge is 0.374 e. The molecule has 150 valence electrons. The number of hydrogen-bond donors (Lipinski definition) is 0. The van der Waals surface area contributed by atoms with E-state index in [0.29, 0.717) is 16.5 Å². The SMILES string of the molecule is CCOC(=O)c1oc2ccccc2c1COC(=O)c1ccc(OC)c([N+](=O)[O-])c1. The van der Waals surface area contributed by atoms with Crippen LogP contribution in [0.2, 0.25) is 0 Å². The van der Waals surface area contributed by atoms with Gasteiger partial charge in [0.05, 0.1) is 29.8 Å². The van der Waals surface area contributed by atoms with E-state index in [1.54, 1.807) is 31.2 Å². The largest absolute Gasteiger partial charge is 0.490 e. The zero-order valence-electron chi connectivity index (χ0n) is 15.7. The Morgan fingerprint density at radius 3 is 2.55 bits per heavy atom. The van der Waals surface area contributed by atoms with Gasteiger partial charge in [-0.2, -0.15) is 0 Å². The molecule has 0 spiro atoms. The summed E-state index contributed by atoms with van der Waals surface area (Å²) < 4.78 is 20.8. The normalized spacial score (nSPS) is 10.6. The first-order chi connectivity index (χ1) is 14.0. The first-order valence-electron chi connectivity index (χ1n) is 8.63. The van der Waals surface area contributed by atoms with Crippen LogP contribution < -0.4 is 4.74 Å². The number of ether oxygens (including phenoxy) is 3. The number of esters is 2. The van der Waals surface area contributed by atoms with Crippen molar-refractivity contribution in [2.24, 2.45) is 0 Å². The van der Waals surface area contributed by atoms with Crippen molar-refractivity contribution in [1.29, 1.82) is 0 Å². The third-order valence-electron chi connectivity index (χ3n) is 4.12. The van der Waals surface area contributed by atoms with Crippen molar-refractivity contribution in [3.63, 3.8) is 0 Å². The van der Waals surface area contributed by atoms with Crippen LogP contribution >= 0.6 is 0 Å². The summed E-state index contributed by atoms with van der Waals surface area (Å²) in [5, 5.41) is 11.7. The number of benzene rings is 2. The van der Waals surface area contributed by atoms with E-state index >= 15 is 0 Å². The molecular weight excluding hydrogens is 382 g/mol. The van der Waals surface area contributed by atoms with Crippen LogP contribution in [-0.2, 0) is 16.1 Å². The van der Waals surface area contributed by atoms with Crippen molar-refractivity contribution >= 4 is 28.6 Å². The van der Waals surface area contributed by atoms with Crippen LogP contribution in [0.3, 0.4) is 0 Å². The molecule has 0 unspecified atom stereocenters. The summed E-state index contributed by atoms with van der Waals surface area (Å²) in [5.74, 6) is -1.50. The minimum absolute atomic E-state index is 0.0250. The van der Waals surface area contributed by atoms with Gasteiger partial charge in [-0.3, -0.25) is 10.1 Å². The van der Waals surface area contributed by atoms with E-state index in [2.05, 4.69) is 0 Å². The average molecular weight is 399 g/mol. The predicted octanol–water partition coefficient (Wildman–Crippen LogP) is 3.88. The van der Waals surface area contributed by atoms with Gasteiger partial charge in [0.25, 0.3) is 0 Å². The van der Waals surface area contributed by atoms with Crippen LogP contribution in [0.15, 0.2) is 46.9 Å². The number of rotatable bonds is 7. The molecule has 0 aliphatic carbocycles. The molecule has 0 fully saturated rings. The Bertz CT molecular complexity index is 1090. The lowest BCUT2D eigenvalue weighted by molar-refractivity contribution is -0.385. The van der Waals surface area contributed by atoms with Gasteiger partial charge in [-0.05, 0) is 25.1 Å². The van der Waals surface area contributed by atoms with Crippen LogP contribution in [0, 0.1) is 10.1 Å². The highest BCUT2D eigenvalue weighted by molar-refractivity contribution is 5.96. The highest BCUT2D eigenvalue weighted by Gasteiger charge is 2.24. The van der Waals surface area contributed by atoms with Gasteiger partial charge in [-0.25, -0.2) is 9.59 Å². The van der Waals surface area contributed by atoms with E-state index in [0.717, 1.165) is 6.07 Å². The van der Waals surface area contributed by atoms with Crippen LogP contribution in [-0.4, -0.2) is 30.6 Å². The summed E-state index contributed by atoms with van der Waals surface area (Å²) in [6.45, 7) is 1.55. The van der Waals surface area contributed by atoms with Crippen LogP contribution in [0.1, 0.15) is 33.4 Å². The maximum Gasteiger partial charge on any atom is 0.374 e. The monoisotopic (exact) mass is 399 g/mol. The first-order valence-corrected chi connectivity index (χ1v) is 8.63. The number of methoxy groups -OCH3 is 1. The number of fused-ring (bicyclic) bond motifs is 1. The Morgan fingerprint density at radius 1 is 1.10 bits per heavy atom. The van der Waals surface area contributed by atoms with Crippen molar-refractivity contribution in [3.8, 4) is 5.75 Å². The molecule has 3 aromatic rings. The molecule has 0 N–H and O–H groups in total. The molecule has 9 heteroatoms. The van der Waals surface area contributed by atoms with Crippen molar-refractivity contribution in [3.05, 3.63) is 69.5 Å². The number of furan rings is 1. The van der Waals surface area contributed by atoms with Gasteiger partial charge in [0, 0.05) is 11.5 Å². The van der Waals surface area contributed by atoms with E-state index in [4.69, 9.17) is 18.6 Å². The van der Waals surface area contributed by atoms with Crippen LogP contribution in [0.4, 0.5) is 5.69 Å². The zero-order valence-corrected chi connectivity index (χ0v) is 15.7. The molecule has 0 aliphatic rings. The summed E-state index contributed by atoms with van der Waals surface area (Å²) in [7, 11) is 1.29. The molecule has 0 saturated heterocycles. The second-order valence-electron chi connectivity index (χ2n) is 5.85. The number of hydrogen-bond acceptors (Lipinski definition) is 8. The lowest BCUT2D eigenvalue weighted by Gasteiger charge is -2.07. The minimum Gasteiger partial charge on any atom is -0.490 e. The fourth-order valence-corrected chi connectivity index (χ4v) is 2.78. The first kappa shape index (κ1) is 19.9. The third-order valence-corrected chi connectivity index (χ3v) is 4.12. The Kier molecular flexibility index (Phi) is 5.77. The molecule has 0 bridgehead atoms. The van der Waals surface area contributed by atoms with E-state index in [-0.39, 0.29) is 36.0 Å². The Morgan fingerprint density at radius 2 is 1.86 bits per heavy atom. The number of nitro benzene ring substituents is 1. The van der Waals surface area contributed by atoms with E-state index in [1.165, 1.54) is 19.2 Å². The third kappa shape index (κ3) is 4.03. The molecule has 29 heavy (non-hydrogen) atoms. The highest BCUT2D eigenvalue weighted by atomic mass is 16.6. The fraction of sp³-hybridized carbons (Fsp3) is 0.200. The topological polar surface area (TPSA) is 118 Å². The molecule has 0 radical (unpaired) electrons. The van der Waals surface area contributed by atoms with E-state index < -0.39 is 16.9 Å². The number of para-hydroxylation sites is 1. The van der Waals surface area contributed by atoms with Crippen molar-refractivity contribution in [2.45, 2.75) is 13.5 Å². The maximum absolute atomic E-state index is 12.4. The van der Waals surface area contributed by atoms with Crippen molar-refractivity contribution < 1.29 is 33.1 Å². The fourth-order valence-electron chi connectivity index (χ4n) is 2.78. The number of carbonyl (C=O) groups excluding carboxylic acids is 2. The molecule has 9 nitrogen and oxygen atoms in total. The van der Waals surface area contributed by atoms with E-state index in [9.17, 15) is 19.7 Å². The number of carbonyl (C=O) groups is 2. The second-order valence-corrected chi connectivity index (χ2v) is 5.85. The summed E-state index contributed by atoms with van der Waals surface area (Å²) >= 11 is 0. The molecule has 0 atom stereocenters. The van der Waals surface area contributed by atoms with Crippen molar-refractivity contribution in [2.75, 3.05) is 13.7 Å². The molecule has 0 amide bonds. The Hall–Kier alpha value is -3.88. The zero-order chi connectivity index (χ0) is 21.0. The summed E-state index contributed by atoms with van der Waals surface area (Å²) in [6, 6.07) is 10.6. The maximum atomic E-state index is 12.4. The molecule has 0 aliphatic heterocycles. The van der Waals surface area contributed by atoms with Crippen LogP contribution in [0.5, 0.6) is 5.75 Å². The molecule has 0 saturated carbocycles. The summed E-state index contributed by atoms with van der Waals surface area (Å²) in [5.41, 5.74) is 0.419. The molecular formula is C20H17NO8. The quantitative estimate of drug-likeness (QED) is 0.334. The molecule has 3 rings (SSSR count). The number of nitro groups is 1. The average Bonchev–Trinajstić information content (AvgIpc) is 3.10. The molecule has 1 heterocycles. The summed E-state index contributed by atoms with van der Waals surface area (Å²) in [6.07, 6.45) is 0. The Balaban J connectivity index is 1.88. The van der Waals surface area contributed by atoms with Crippen molar-refractivity contribution in [1.82, 2.24) is 0 Å². The van der Waals surface area contributed by atoms with Gasteiger partial charge in [0.1, 0.15) is 12.2 Å². The van der Waals surface area contributed by atoms with Gasteiger partial charge in [-0.15, -0.1) is 0 Å². The van der Waals surface area contributed by atoms with Crippen LogP contribution in [0.25, 0.3) is 11.0 Å². The molecule has 2 aromatic carbocycles. The van der Waals surface area contributed by atoms with Gasteiger partial charge in [-0.1, -0.05) is 18.2 Å². The predicted molar refractivity (Wildman–Crippen MR) is 101 cm³/mol. The van der Waals surface area contributed by atoms with Gasteiger partial charge in [0.15, 0.2) is 5.75 Å². The second kappa shape index (κ2) is 8.42. The lowest BCUT2D eigenvalue weighted by atomic mass is 10.1. The minimum atomic E-state index is -0.796. The van der Waals surface area contributed by atoms with Gasteiger partial charge >= 0.3 is 17.6 Å². The highest BCUT2D eigenvalue weighted by Crippen LogP contribution is 2.29. The number of nitrogens with zero attached hydrogens (tertiary/aromatic N) is 1. The lowest BCUT2D eigenvalue weighted by Crippen LogP contribution is -2.10. The van der Waals surface area contributed by atoms with Gasteiger partial charge in [0.2, 0.25) is 5.76 Å². The Labute approximate surface area is 164 Å². The summed E-state index contributed by atoms with van der Waals surface area (Å²) in [4.78, 5) is 35.1. The standard InChI is InChI=1S/C20H17NO8/c1-3-27-20(23)18-14(13-6-4-5-7-16(13)29-18)11-28-19(22)12-8-9-17(26-2)15(10-12)21(24)25/h4-10H,3,11H2,1-2H3. The van der Waals surface area contributed by atoms with E-state index in [1.807, 2.05) is 0 Å². The molecule has 1 aromatic heterocycles.